The number of amides is 1. The molecule has 1 saturated heterocycles. The number of carbonyl (C=O) groups excluding carboxylic acids is 1. The lowest BCUT2D eigenvalue weighted by molar-refractivity contribution is -0.139. The molecule has 1 saturated carbocycles. The largest absolute Gasteiger partial charge is 0.349 e. The quantitative estimate of drug-likeness (QED) is 0.410. The fraction of sp³-hybridized carbons (Fsp3) is 0.667. The van der Waals surface area contributed by atoms with E-state index in [0.29, 0.717) is 27.5 Å². The molecule has 2 fully saturated rings. The zero-order valence-corrected chi connectivity index (χ0v) is 9.95. The first-order chi connectivity index (χ1) is 6.20. The Kier molecular flexibility index (Phi) is 1.69. The Labute approximate surface area is 93.4 Å². The average molecular weight is 307 g/mol. The van der Waals surface area contributed by atoms with Crippen LogP contribution in [0, 0.1) is 17.8 Å². The van der Waals surface area contributed by atoms with E-state index in [2.05, 4.69) is 49.3 Å². The van der Waals surface area contributed by atoms with Gasteiger partial charge in [0.1, 0.15) is 0 Å². The second-order valence-electron chi connectivity index (χ2n) is 3.99. The topological polar surface area (TPSA) is 29.1 Å². The number of carbonyl (C=O) groups is 1. The highest BCUT2D eigenvalue weighted by Gasteiger charge is 2.59. The van der Waals surface area contributed by atoms with Gasteiger partial charge in [-0.15, -0.1) is 0 Å². The van der Waals surface area contributed by atoms with Crippen LogP contribution in [0.15, 0.2) is 12.2 Å². The van der Waals surface area contributed by atoms with Gasteiger partial charge in [-0.3, -0.25) is 4.79 Å². The van der Waals surface area contributed by atoms with E-state index in [9.17, 15) is 4.79 Å². The van der Waals surface area contributed by atoms with E-state index in [1.807, 2.05) is 0 Å². The van der Waals surface area contributed by atoms with Gasteiger partial charge in [-0.2, -0.15) is 0 Å². The number of hydrogen-bond donors (Lipinski definition) is 1. The maximum Gasteiger partial charge on any atom is 0.226 e. The van der Waals surface area contributed by atoms with E-state index < -0.39 is 0 Å². The smallest absolute Gasteiger partial charge is 0.226 e. The normalized spacial score (nSPS) is 56.9. The Morgan fingerprint density at radius 1 is 1.23 bits per heavy atom. The number of β-lactam (4-membered cyclic amide) rings is 1. The number of nitrogens with one attached hydrogen (secondary N) is 1. The molecule has 4 heteroatoms. The predicted molar refractivity (Wildman–Crippen MR) is 57.0 cm³/mol. The lowest BCUT2D eigenvalue weighted by Gasteiger charge is -2.56. The summed E-state index contributed by atoms with van der Waals surface area (Å²) < 4.78 is 0. The Morgan fingerprint density at radius 2 is 2.00 bits per heavy atom. The minimum atomic E-state index is 0.230. The van der Waals surface area contributed by atoms with Crippen LogP contribution >= 0.6 is 31.9 Å². The lowest BCUT2D eigenvalue weighted by Crippen LogP contribution is -2.69. The Balaban J connectivity index is 1.92. The Hall–Kier alpha value is 0.170. The maximum absolute atomic E-state index is 11.3. The molecule has 0 unspecified atom stereocenters. The van der Waals surface area contributed by atoms with Crippen molar-refractivity contribution in [1.82, 2.24) is 5.32 Å². The molecule has 70 valence electrons. The highest BCUT2D eigenvalue weighted by molar-refractivity contribution is 9.12. The average Bonchev–Trinajstić information content (AvgIpc) is 2.14. The maximum atomic E-state index is 11.3. The number of hydrogen-bond acceptors (Lipinski definition) is 1. The van der Waals surface area contributed by atoms with Crippen LogP contribution < -0.4 is 5.32 Å². The molecular weight excluding hydrogens is 298 g/mol. The molecule has 0 aromatic heterocycles. The first kappa shape index (κ1) is 8.48. The summed E-state index contributed by atoms with van der Waals surface area (Å²) in [7, 11) is 0. The van der Waals surface area contributed by atoms with Crippen LogP contribution in [-0.2, 0) is 4.79 Å². The van der Waals surface area contributed by atoms with Gasteiger partial charge in [0.15, 0.2) is 0 Å². The van der Waals surface area contributed by atoms with Gasteiger partial charge in [0, 0.05) is 9.65 Å². The monoisotopic (exact) mass is 305 g/mol. The van der Waals surface area contributed by atoms with Crippen LogP contribution in [0.4, 0.5) is 0 Å². The van der Waals surface area contributed by atoms with Gasteiger partial charge in [-0.25, -0.2) is 0 Å². The van der Waals surface area contributed by atoms with Crippen molar-refractivity contribution in [2.24, 2.45) is 17.8 Å². The molecule has 1 N–H and O–H groups in total. The minimum Gasteiger partial charge on any atom is -0.349 e. The molecule has 0 spiro atoms. The van der Waals surface area contributed by atoms with Crippen LogP contribution in [0.25, 0.3) is 0 Å². The van der Waals surface area contributed by atoms with E-state index in [1.165, 1.54) is 0 Å². The molecule has 0 bridgehead atoms. The summed E-state index contributed by atoms with van der Waals surface area (Å²) in [5.41, 5.74) is 0. The molecular formula is C9H9Br2NO. The Morgan fingerprint density at radius 3 is 2.69 bits per heavy atom. The van der Waals surface area contributed by atoms with Crippen molar-refractivity contribution in [1.29, 1.82) is 0 Å². The second kappa shape index (κ2) is 2.60. The third-order valence-electron chi connectivity index (χ3n) is 3.44. The summed E-state index contributed by atoms with van der Waals surface area (Å²) in [4.78, 5) is 12.3. The van der Waals surface area contributed by atoms with Crippen LogP contribution in [0.1, 0.15) is 0 Å². The number of allylic oxidation sites excluding steroid dienone is 1. The third kappa shape index (κ3) is 0.911. The third-order valence-corrected chi connectivity index (χ3v) is 6.51. The fourth-order valence-corrected chi connectivity index (χ4v) is 4.54. The highest BCUT2D eigenvalue weighted by atomic mass is 79.9. The highest BCUT2D eigenvalue weighted by Crippen LogP contribution is 2.54. The van der Waals surface area contributed by atoms with Gasteiger partial charge in [-0.05, 0) is 11.8 Å². The van der Waals surface area contributed by atoms with Crippen LogP contribution in [0.2, 0.25) is 0 Å². The van der Waals surface area contributed by atoms with Crippen LogP contribution in [0.5, 0.6) is 0 Å². The molecule has 1 aliphatic heterocycles. The molecule has 0 aromatic rings. The van der Waals surface area contributed by atoms with Crippen LogP contribution in [0.3, 0.4) is 0 Å². The second-order valence-corrected chi connectivity index (χ2v) is 6.10. The molecule has 0 radical (unpaired) electrons. The van der Waals surface area contributed by atoms with Crippen molar-refractivity contribution < 1.29 is 4.79 Å². The SMILES string of the molecule is O=C1N[C@@H]2C=C[C@H]3[C@H](Br)[C@@H](Br)[C@H]3[C@@H]12. The molecule has 6 atom stereocenters. The van der Waals surface area contributed by atoms with E-state index in [4.69, 9.17) is 0 Å². The van der Waals surface area contributed by atoms with Crippen molar-refractivity contribution in [2.75, 3.05) is 0 Å². The number of alkyl halides is 2. The van der Waals surface area contributed by atoms with Gasteiger partial charge >= 0.3 is 0 Å². The van der Waals surface area contributed by atoms with Crippen molar-refractivity contribution in [3.8, 4) is 0 Å². The van der Waals surface area contributed by atoms with E-state index in [0.717, 1.165) is 0 Å². The standard InChI is InChI=1S/C9H9Br2NO/c10-7-3-1-2-4-6(9(13)12-4)5(3)8(7)11/h1-8H,(H,12,13)/t3-,4-,5-,6+,7+,8+/m1/s1. The molecule has 3 aliphatic rings. The summed E-state index contributed by atoms with van der Waals surface area (Å²) in [6.45, 7) is 0. The first-order valence-corrected chi connectivity index (χ1v) is 6.30. The van der Waals surface area contributed by atoms with E-state index in [-0.39, 0.29) is 11.8 Å². The number of fused-ring (bicyclic) bond motifs is 3. The van der Waals surface area contributed by atoms with Crippen molar-refractivity contribution in [3.05, 3.63) is 12.2 Å². The van der Waals surface area contributed by atoms with Crippen molar-refractivity contribution in [3.63, 3.8) is 0 Å². The molecule has 13 heavy (non-hydrogen) atoms. The van der Waals surface area contributed by atoms with E-state index >= 15 is 0 Å². The number of halogens is 2. The molecule has 3 rings (SSSR count). The van der Waals surface area contributed by atoms with Gasteiger partial charge in [-0.1, -0.05) is 44.0 Å². The zero-order valence-electron chi connectivity index (χ0n) is 6.78. The zero-order chi connectivity index (χ0) is 9.16. The molecule has 2 nitrogen and oxygen atoms in total. The predicted octanol–water partition coefficient (Wildman–Crippen LogP) is 1.44. The van der Waals surface area contributed by atoms with E-state index in [1.54, 1.807) is 0 Å². The molecule has 1 amide bonds. The first-order valence-electron chi connectivity index (χ1n) is 4.47. The summed E-state index contributed by atoms with van der Waals surface area (Å²) in [5, 5.41) is 2.90. The van der Waals surface area contributed by atoms with Crippen molar-refractivity contribution >= 4 is 37.8 Å². The summed E-state index contributed by atoms with van der Waals surface area (Å²) in [6, 6.07) is 0.314. The van der Waals surface area contributed by atoms with Gasteiger partial charge in [0.2, 0.25) is 5.91 Å². The van der Waals surface area contributed by atoms with Gasteiger partial charge in [0.25, 0.3) is 0 Å². The summed E-state index contributed by atoms with van der Waals surface area (Å²) in [6.07, 6.45) is 4.38. The lowest BCUT2D eigenvalue weighted by atomic mass is 9.59. The van der Waals surface area contributed by atoms with Gasteiger partial charge < -0.3 is 5.32 Å². The molecule has 2 aliphatic carbocycles. The molecule has 0 aromatic carbocycles. The summed E-state index contributed by atoms with van der Waals surface area (Å²) in [5.74, 6) is 1.52. The molecule has 1 heterocycles. The minimum absolute atomic E-state index is 0.230. The van der Waals surface area contributed by atoms with Crippen LogP contribution in [-0.4, -0.2) is 21.6 Å². The van der Waals surface area contributed by atoms with Gasteiger partial charge in [0.05, 0.1) is 12.0 Å². The number of rotatable bonds is 0. The summed E-state index contributed by atoms with van der Waals surface area (Å²) >= 11 is 7.26. The fourth-order valence-electron chi connectivity index (χ4n) is 2.62. The van der Waals surface area contributed by atoms with Crippen molar-refractivity contribution in [2.45, 2.75) is 15.7 Å². The Bertz CT molecular complexity index is 304.